The van der Waals surface area contributed by atoms with Crippen LogP contribution in [-0.4, -0.2) is 22.6 Å². The van der Waals surface area contributed by atoms with Crippen LogP contribution in [0.4, 0.5) is 11.4 Å². The van der Waals surface area contributed by atoms with E-state index in [-0.39, 0.29) is 11.6 Å². The van der Waals surface area contributed by atoms with Crippen LogP contribution in [0.15, 0.2) is 84.0 Å². The summed E-state index contributed by atoms with van der Waals surface area (Å²) in [6.07, 6.45) is 0.410. The predicted molar refractivity (Wildman–Crippen MR) is 112 cm³/mol. The first-order chi connectivity index (χ1) is 14.1. The molecule has 7 heteroatoms. The van der Waals surface area contributed by atoms with E-state index in [1.54, 1.807) is 12.1 Å². The summed E-state index contributed by atoms with van der Waals surface area (Å²) in [6.45, 7) is 0. The molecule has 0 aliphatic carbocycles. The maximum Gasteiger partial charge on any atom is 0.269 e. The first-order valence-corrected chi connectivity index (χ1v) is 9.13. The lowest BCUT2D eigenvalue weighted by atomic mass is 9.98. The van der Waals surface area contributed by atoms with Crippen LogP contribution >= 0.6 is 0 Å². The lowest BCUT2D eigenvalue weighted by Gasteiger charge is -2.23. The van der Waals surface area contributed by atoms with E-state index in [1.807, 2.05) is 42.5 Å². The van der Waals surface area contributed by atoms with Gasteiger partial charge in [0.05, 0.1) is 10.6 Å². The molecule has 144 valence electrons. The molecule has 0 fully saturated rings. The Kier molecular flexibility index (Phi) is 5.03. The smallest absolute Gasteiger partial charge is 0.269 e. The molecule has 1 atom stereocenters. The highest BCUT2D eigenvalue weighted by atomic mass is 16.6. The molecule has 4 rings (SSSR count). The quantitative estimate of drug-likeness (QED) is 0.512. The highest BCUT2D eigenvalue weighted by molar-refractivity contribution is 6.06. The van der Waals surface area contributed by atoms with Gasteiger partial charge in [-0.1, -0.05) is 54.6 Å². The zero-order chi connectivity index (χ0) is 20.2. The van der Waals surface area contributed by atoms with Crippen molar-refractivity contribution in [1.29, 1.82) is 0 Å². The monoisotopic (exact) mass is 386 g/mol. The first kappa shape index (κ1) is 18.4. The number of non-ortho nitro benzene ring substituents is 1. The van der Waals surface area contributed by atoms with E-state index in [2.05, 4.69) is 28.0 Å². The molecule has 0 bridgehead atoms. The zero-order valence-electron chi connectivity index (χ0n) is 15.4. The van der Waals surface area contributed by atoms with E-state index < -0.39 is 11.0 Å². The van der Waals surface area contributed by atoms with Crippen molar-refractivity contribution in [1.82, 2.24) is 5.43 Å². The third-order valence-electron chi connectivity index (χ3n) is 4.76. The standard InChI is InChI=1S/C22H18N4O3/c27-22-21(23-18-10-12-19(13-11-18)26(28)29)14-20(24-25-22)17-8-6-16(7-9-17)15-4-2-1-3-5-15/h1-13,21,23H,14H2,(H,25,27). The van der Waals surface area contributed by atoms with Crippen LogP contribution in [0.2, 0.25) is 0 Å². The van der Waals surface area contributed by atoms with Crippen LogP contribution in [0, 0.1) is 10.1 Å². The summed E-state index contributed by atoms with van der Waals surface area (Å²) in [5.41, 5.74) is 7.13. The van der Waals surface area contributed by atoms with E-state index in [4.69, 9.17) is 0 Å². The molecule has 0 aromatic heterocycles. The molecule has 29 heavy (non-hydrogen) atoms. The number of rotatable bonds is 5. The summed E-state index contributed by atoms with van der Waals surface area (Å²) >= 11 is 0. The van der Waals surface area contributed by atoms with Gasteiger partial charge in [-0.3, -0.25) is 14.9 Å². The SMILES string of the molecule is O=C1NN=C(c2ccc(-c3ccccc3)cc2)CC1Nc1ccc([N+](=O)[O-])cc1. The van der Waals surface area contributed by atoms with Crippen molar-refractivity contribution in [3.05, 3.63) is 94.5 Å². The fourth-order valence-electron chi connectivity index (χ4n) is 3.20. The number of benzene rings is 3. The number of hydrogen-bond donors (Lipinski definition) is 2. The highest BCUT2D eigenvalue weighted by Crippen LogP contribution is 2.22. The van der Waals surface area contributed by atoms with Crippen molar-refractivity contribution < 1.29 is 9.72 Å². The van der Waals surface area contributed by atoms with Crippen LogP contribution in [-0.2, 0) is 4.79 Å². The van der Waals surface area contributed by atoms with E-state index in [0.717, 1.165) is 22.4 Å². The summed E-state index contributed by atoms with van der Waals surface area (Å²) in [5, 5.41) is 18.1. The average Bonchev–Trinajstić information content (AvgIpc) is 2.76. The molecular formula is C22H18N4O3. The van der Waals surface area contributed by atoms with Crippen LogP contribution in [0.1, 0.15) is 12.0 Å². The van der Waals surface area contributed by atoms with Gasteiger partial charge < -0.3 is 5.32 Å². The molecule has 1 aliphatic heterocycles. The largest absolute Gasteiger partial charge is 0.373 e. The number of amides is 1. The van der Waals surface area contributed by atoms with E-state index >= 15 is 0 Å². The minimum absolute atomic E-state index is 0.00408. The summed E-state index contributed by atoms with van der Waals surface area (Å²) in [6, 6.07) is 23.6. The van der Waals surface area contributed by atoms with Crippen LogP contribution < -0.4 is 10.7 Å². The maximum absolute atomic E-state index is 12.2. The van der Waals surface area contributed by atoms with E-state index in [9.17, 15) is 14.9 Å². The normalized spacial score (nSPS) is 15.9. The van der Waals surface area contributed by atoms with Crippen molar-refractivity contribution in [3.8, 4) is 11.1 Å². The summed E-state index contributed by atoms with van der Waals surface area (Å²) in [4.78, 5) is 22.5. The molecule has 1 unspecified atom stereocenters. The second-order valence-corrected chi connectivity index (χ2v) is 6.68. The van der Waals surface area contributed by atoms with Gasteiger partial charge in [0.2, 0.25) is 0 Å². The van der Waals surface area contributed by atoms with Gasteiger partial charge >= 0.3 is 0 Å². The summed E-state index contributed by atoms with van der Waals surface area (Å²) in [5.74, 6) is -0.243. The van der Waals surface area contributed by atoms with Crippen LogP contribution in [0.3, 0.4) is 0 Å². The fraction of sp³-hybridized carbons (Fsp3) is 0.0909. The molecule has 1 amide bonds. The van der Waals surface area contributed by atoms with Crippen molar-refractivity contribution in [3.63, 3.8) is 0 Å². The molecule has 0 saturated carbocycles. The van der Waals surface area contributed by atoms with Crippen LogP contribution in [0.5, 0.6) is 0 Å². The Balaban J connectivity index is 1.48. The molecular weight excluding hydrogens is 368 g/mol. The Morgan fingerprint density at radius 1 is 0.897 bits per heavy atom. The molecule has 0 saturated heterocycles. The summed E-state index contributed by atoms with van der Waals surface area (Å²) in [7, 11) is 0. The van der Waals surface area contributed by atoms with Gasteiger partial charge in [0.1, 0.15) is 6.04 Å². The summed E-state index contributed by atoms with van der Waals surface area (Å²) < 4.78 is 0. The Morgan fingerprint density at radius 3 is 2.17 bits per heavy atom. The van der Waals surface area contributed by atoms with Gasteiger partial charge in [-0.25, -0.2) is 5.43 Å². The van der Waals surface area contributed by atoms with E-state index in [1.165, 1.54) is 12.1 Å². The number of nitrogens with one attached hydrogen (secondary N) is 2. The van der Waals surface area contributed by atoms with Gasteiger partial charge in [0, 0.05) is 24.2 Å². The lowest BCUT2D eigenvalue weighted by molar-refractivity contribution is -0.384. The maximum atomic E-state index is 12.2. The number of anilines is 1. The molecule has 1 aliphatic rings. The molecule has 7 nitrogen and oxygen atoms in total. The topological polar surface area (TPSA) is 96.6 Å². The van der Waals surface area contributed by atoms with Crippen molar-refractivity contribution in [2.45, 2.75) is 12.5 Å². The number of nitro groups is 1. The molecule has 2 N–H and O–H groups in total. The predicted octanol–water partition coefficient (Wildman–Crippen LogP) is 3.97. The fourth-order valence-corrected chi connectivity index (χ4v) is 3.20. The first-order valence-electron chi connectivity index (χ1n) is 9.13. The molecule has 1 heterocycles. The van der Waals surface area contributed by atoms with Crippen molar-refractivity contribution in [2.75, 3.05) is 5.32 Å². The molecule has 3 aromatic carbocycles. The molecule has 0 radical (unpaired) electrons. The second kappa shape index (κ2) is 7.93. The van der Waals surface area contributed by atoms with Crippen molar-refractivity contribution in [2.24, 2.45) is 5.10 Å². The Labute approximate surface area is 167 Å². The Bertz CT molecular complexity index is 1060. The third-order valence-corrected chi connectivity index (χ3v) is 4.76. The third kappa shape index (κ3) is 4.14. The minimum atomic E-state index is -0.516. The highest BCUT2D eigenvalue weighted by Gasteiger charge is 2.25. The minimum Gasteiger partial charge on any atom is -0.373 e. The van der Waals surface area contributed by atoms with Crippen LogP contribution in [0.25, 0.3) is 11.1 Å². The molecule has 3 aromatic rings. The number of nitro benzene ring substituents is 1. The lowest BCUT2D eigenvalue weighted by Crippen LogP contribution is -2.43. The Hall–Kier alpha value is -4.00. The number of hydrazone groups is 1. The number of carbonyl (C=O) groups excluding carboxylic acids is 1. The molecule has 0 spiro atoms. The number of nitrogens with zero attached hydrogens (tertiary/aromatic N) is 2. The van der Waals surface area contributed by atoms with E-state index in [0.29, 0.717) is 12.1 Å². The zero-order valence-corrected chi connectivity index (χ0v) is 15.4. The van der Waals surface area contributed by atoms with Gasteiger partial charge in [-0.05, 0) is 28.8 Å². The van der Waals surface area contributed by atoms with Gasteiger partial charge in [0.25, 0.3) is 11.6 Å². The van der Waals surface area contributed by atoms with Crippen molar-refractivity contribution >= 4 is 23.0 Å². The second-order valence-electron chi connectivity index (χ2n) is 6.68. The van der Waals surface area contributed by atoms with Gasteiger partial charge in [-0.2, -0.15) is 5.10 Å². The Morgan fingerprint density at radius 2 is 1.52 bits per heavy atom. The number of hydrogen-bond acceptors (Lipinski definition) is 5. The number of carbonyl (C=O) groups is 1. The van der Waals surface area contributed by atoms with Gasteiger partial charge in [-0.15, -0.1) is 0 Å². The average molecular weight is 386 g/mol. The van der Waals surface area contributed by atoms with Gasteiger partial charge in [0.15, 0.2) is 0 Å².